The second kappa shape index (κ2) is 5.13. The number of aromatic nitrogens is 1. The summed E-state index contributed by atoms with van der Waals surface area (Å²) in [4.78, 5) is 4.00. The molecule has 0 saturated carbocycles. The Morgan fingerprint density at radius 1 is 1.00 bits per heavy atom. The van der Waals surface area contributed by atoms with Crippen LogP contribution in [0.4, 0.5) is 5.82 Å². The van der Waals surface area contributed by atoms with Gasteiger partial charge < -0.3 is 5.73 Å². The molecule has 5 heteroatoms. The van der Waals surface area contributed by atoms with Gasteiger partial charge in [0.1, 0.15) is 5.82 Å². The van der Waals surface area contributed by atoms with E-state index in [1.54, 1.807) is 18.2 Å². The van der Waals surface area contributed by atoms with E-state index >= 15 is 0 Å². The summed E-state index contributed by atoms with van der Waals surface area (Å²) in [5.41, 5.74) is 7.56. The molecule has 1 heterocycles. The van der Waals surface area contributed by atoms with Crippen LogP contribution in [0.2, 0.25) is 15.1 Å². The molecular weight excluding hydrogens is 279 g/mol. The number of hydrogen-bond donors (Lipinski definition) is 1. The maximum atomic E-state index is 6.09. The average molecular weight is 288 g/mol. The van der Waals surface area contributed by atoms with Gasteiger partial charge in [-0.3, -0.25) is 0 Å². The predicted octanol–water partition coefficient (Wildman–Crippen LogP) is 4.21. The van der Waals surface area contributed by atoms with Crippen molar-refractivity contribution in [3.63, 3.8) is 0 Å². The van der Waals surface area contributed by atoms with E-state index in [0.29, 0.717) is 27.3 Å². The van der Waals surface area contributed by atoms with Gasteiger partial charge in [-0.25, -0.2) is 4.98 Å². The largest absolute Gasteiger partial charge is 0.383 e. The van der Waals surface area contributed by atoms with Crippen LogP contribution >= 0.6 is 34.8 Å². The Morgan fingerprint density at radius 2 is 1.76 bits per heavy atom. The van der Waals surface area contributed by atoms with Crippen molar-refractivity contribution in [2.75, 3.05) is 5.73 Å². The fourth-order valence-electron chi connectivity index (χ4n) is 1.50. The van der Waals surface area contributed by atoms with E-state index in [1.165, 1.54) is 6.20 Å². The van der Waals surface area contributed by atoms with E-state index in [9.17, 15) is 0 Å². The van der Waals surface area contributed by atoms with Crippen LogP contribution < -0.4 is 5.73 Å². The molecule has 1 aromatic carbocycles. The Bertz CT molecular complexity index is 555. The number of benzene rings is 1. The first-order valence-corrected chi connectivity index (χ1v) is 6.03. The quantitative estimate of drug-likeness (QED) is 0.898. The Labute approximate surface area is 114 Å². The topological polar surface area (TPSA) is 38.9 Å². The number of hydrogen-bond acceptors (Lipinski definition) is 2. The van der Waals surface area contributed by atoms with Crippen molar-refractivity contribution in [3.05, 3.63) is 56.7 Å². The molecule has 0 bridgehead atoms. The summed E-state index contributed by atoms with van der Waals surface area (Å²) < 4.78 is 0. The predicted molar refractivity (Wildman–Crippen MR) is 72.9 cm³/mol. The highest BCUT2D eigenvalue weighted by atomic mass is 35.5. The van der Waals surface area contributed by atoms with Gasteiger partial charge in [0.05, 0.1) is 5.02 Å². The Kier molecular flexibility index (Phi) is 3.77. The molecule has 0 fully saturated rings. The van der Waals surface area contributed by atoms with Crippen LogP contribution in [0.3, 0.4) is 0 Å². The molecule has 88 valence electrons. The van der Waals surface area contributed by atoms with Crippen molar-refractivity contribution in [3.8, 4) is 0 Å². The van der Waals surface area contributed by atoms with Crippen LogP contribution in [-0.2, 0) is 6.42 Å². The molecule has 0 amide bonds. The molecule has 0 radical (unpaired) electrons. The number of nitrogen functional groups attached to an aromatic ring is 1. The lowest BCUT2D eigenvalue weighted by Crippen LogP contribution is -1.99. The average Bonchev–Trinajstić information content (AvgIpc) is 2.27. The van der Waals surface area contributed by atoms with Crippen LogP contribution in [0, 0.1) is 0 Å². The van der Waals surface area contributed by atoms with E-state index in [2.05, 4.69) is 4.98 Å². The molecule has 0 unspecified atom stereocenters. The Hall–Kier alpha value is -0.960. The van der Waals surface area contributed by atoms with Crippen molar-refractivity contribution < 1.29 is 0 Å². The van der Waals surface area contributed by atoms with Crippen molar-refractivity contribution >= 4 is 40.6 Å². The number of anilines is 1. The van der Waals surface area contributed by atoms with E-state index in [-0.39, 0.29) is 0 Å². The third-order valence-electron chi connectivity index (χ3n) is 2.36. The van der Waals surface area contributed by atoms with Crippen molar-refractivity contribution in [1.29, 1.82) is 0 Å². The molecule has 0 aliphatic carbocycles. The van der Waals surface area contributed by atoms with E-state index in [1.807, 2.05) is 6.07 Å². The lowest BCUT2D eigenvalue weighted by Gasteiger charge is -2.07. The summed E-state index contributed by atoms with van der Waals surface area (Å²) in [7, 11) is 0. The van der Waals surface area contributed by atoms with Crippen LogP contribution in [0.15, 0.2) is 30.5 Å². The second-order valence-corrected chi connectivity index (χ2v) is 4.89. The normalized spacial score (nSPS) is 10.5. The minimum absolute atomic E-state index is 0.459. The highest BCUT2D eigenvalue weighted by molar-refractivity contribution is 6.35. The van der Waals surface area contributed by atoms with E-state index in [0.717, 1.165) is 11.1 Å². The number of nitrogens with two attached hydrogens (primary N) is 1. The summed E-state index contributed by atoms with van der Waals surface area (Å²) in [5, 5.41) is 1.77. The minimum atomic E-state index is 0.459. The second-order valence-electron chi connectivity index (χ2n) is 3.61. The fourth-order valence-corrected chi connectivity index (χ4v) is 2.16. The highest BCUT2D eigenvalue weighted by Crippen LogP contribution is 2.25. The smallest absolute Gasteiger partial charge is 0.126 e. The van der Waals surface area contributed by atoms with Crippen LogP contribution in [-0.4, -0.2) is 4.98 Å². The molecule has 0 atom stereocenters. The first-order valence-electron chi connectivity index (χ1n) is 4.90. The molecule has 0 aliphatic heterocycles. The molecule has 0 saturated heterocycles. The molecule has 2 aromatic rings. The SMILES string of the molecule is Nc1ncc(Cl)cc1Cc1ccc(Cl)cc1Cl. The maximum Gasteiger partial charge on any atom is 0.126 e. The number of nitrogens with zero attached hydrogens (tertiary/aromatic N) is 1. The third kappa shape index (κ3) is 3.03. The first kappa shape index (κ1) is 12.5. The molecule has 1 aromatic heterocycles. The summed E-state index contributed by atoms with van der Waals surface area (Å²) in [5.74, 6) is 0.459. The number of halogens is 3. The van der Waals surface area contributed by atoms with Crippen LogP contribution in [0.25, 0.3) is 0 Å². The summed E-state index contributed by atoms with van der Waals surface area (Å²) in [6.45, 7) is 0. The number of pyridine rings is 1. The van der Waals surface area contributed by atoms with Gasteiger partial charge >= 0.3 is 0 Å². The van der Waals surface area contributed by atoms with E-state index in [4.69, 9.17) is 40.5 Å². The molecule has 2 nitrogen and oxygen atoms in total. The van der Waals surface area contributed by atoms with E-state index < -0.39 is 0 Å². The summed E-state index contributed by atoms with van der Waals surface area (Å²) in [6, 6.07) is 7.14. The standard InChI is InChI=1S/C12H9Cl3N2/c13-9-2-1-7(11(15)5-9)3-8-4-10(14)6-17-12(8)16/h1-2,4-6H,3H2,(H2,16,17). The van der Waals surface area contributed by atoms with Crippen LogP contribution in [0.5, 0.6) is 0 Å². The minimum Gasteiger partial charge on any atom is -0.383 e. The molecule has 2 N–H and O–H groups in total. The van der Waals surface area contributed by atoms with Gasteiger partial charge in [-0.2, -0.15) is 0 Å². The summed E-state index contributed by atoms with van der Waals surface area (Å²) >= 11 is 17.8. The lowest BCUT2D eigenvalue weighted by atomic mass is 10.1. The van der Waals surface area contributed by atoms with Crippen molar-refractivity contribution in [2.45, 2.75) is 6.42 Å². The Balaban J connectivity index is 2.34. The molecule has 2 rings (SSSR count). The van der Waals surface area contributed by atoms with Gasteiger partial charge in [0.25, 0.3) is 0 Å². The Morgan fingerprint density at radius 3 is 2.47 bits per heavy atom. The third-order valence-corrected chi connectivity index (χ3v) is 3.16. The maximum absolute atomic E-state index is 6.09. The first-order chi connectivity index (χ1) is 8.06. The van der Waals surface area contributed by atoms with Gasteiger partial charge in [0, 0.05) is 28.2 Å². The zero-order valence-corrected chi connectivity index (χ0v) is 11.0. The van der Waals surface area contributed by atoms with Gasteiger partial charge in [-0.05, 0) is 23.8 Å². The van der Waals surface area contributed by atoms with Crippen molar-refractivity contribution in [2.24, 2.45) is 0 Å². The molecule has 0 spiro atoms. The molecule has 0 aliphatic rings. The number of rotatable bonds is 2. The van der Waals surface area contributed by atoms with Crippen molar-refractivity contribution in [1.82, 2.24) is 4.98 Å². The molecule has 17 heavy (non-hydrogen) atoms. The van der Waals surface area contributed by atoms with Gasteiger partial charge in [-0.15, -0.1) is 0 Å². The van der Waals surface area contributed by atoms with Gasteiger partial charge in [-0.1, -0.05) is 40.9 Å². The highest BCUT2D eigenvalue weighted by Gasteiger charge is 2.07. The lowest BCUT2D eigenvalue weighted by molar-refractivity contribution is 1.15. The zero-order chi connectivity index (χ0) is 12.4. The summed E-state index contributed by atoms with van der Waals surface area (Å²) in [6.07, 6.45) is 2.10. The van der Waals surface area contributed by atoms with Gasteiger partial charge in [0.15, 0.2) is 0 Å². The van der Waals surface area contributed by atoms with Gasteiger partial charge in [0.2, 0.25) is 0 Å². The van der Waals surface area contributed by atoms with Crippen LogP contribution in [0.1, 0.15) is 11.1 Å². The zero-order valence-electron chi connectivity index (χ0n) is 8.75. The fraction of sp³-hybridized carbons (Fsp3) is 0.0833. The molecular formula is C12H9Cl3N2. The monoisotopic (exact) mass is 286 g/mol.